The van der Waals surface area contributed by atoms with Crippen molar-refractivity contribution < 1.29 is 14.3 Å². The monoisotopic (exact) mass is 293 g/mol. The van der Waals surface area contributed by atoms with Gasteiger partial charge in [-0.1, -0.05) is 39.3 Å². The molecule has 0 aromatic heterocycles. The number of para-hydroxylation sites is 1. The highest BCUT2D eigenvalue weighted by molar-refractivity contribution is 5.83. The molecular formula is C17H24FNO2. The number of benzene rings is 1. The Morgan fingerprint density at radius 2 is 2.05 bits per heavy atom. The van der Waals surface area contributed by atoms with Crippen LogP contribution in [-0.2, 0) is 4.79 Å². The number of aliphatic carboxylic acids is 1. The van der Waals surface area contributed by atoms with Crippen molar-refractivity contribution in [3.63, 3.8) is 0 Å². The molecule has 116 valence electrons. The zero-order valence-electron chi connectivity index (χ0n) is 12.9. The van der Waals surface area contributed by atoms with Crippen LogP contribution in [0.4, 0.5) is 10.1 Å². The molecule has 0 radical (unpaired) electrons. The topological polar surface area (TPSA) is 49.3 Å². The molecule has 1 aromatic rings. The second-order valence-corrected chi connectivity index (χ2v) is 6.62. The smallest absolute Gasteiger partial charge is 0.329 e. The van der Waals surface area contributed by atoms with Crippen LogP contribution in [0.15, 0.2) is 24.3 Å². The molecule has 2 rings (SSSR count). The first-order valence-electron chi connectivity index (χ1n) is 7.63. The molecule has 0 heterocycles. The van der Waals surface area contributed by atoms with Gasteiger partial charge in [-0.25, -0.2) is 9.18 Å². The Morgan fingerprint density at radius 3 is 2.62 bits per heavy atom. The van der Waals surface area contributed by atoms with E-state index in [0.29, 0.717) is 12.3 Å². The molecule has 1 aliphatic carbocycles. The summed E-state index contributed by atoms with van der Waals surface area (Å²) in [6.45, 7) is 6.15. The Balaban J connectivity index is 2.42. The molecule has 3 atom stereocenters. The first kappa shape index (κ1) is 15.8. The van der Waals surface area contributed by atoms with Gasteiger partial charge in [-0.05, 0) is 42.7 Å². The van der Waals surface area contributed by atoms with Crippen LogP contribution in [0.2, 0.25) is 0 Å². The molecule has 0 bridgehead atoms. The number of carboxylic acid groups (broad SMARTS) is 1. The van der Waals surface area contributed by atoms with E-state index in [1.54, 1.807) is 18.2 Å². The number of halogens is 1. The van der Waals surface area contributed by atoms with Crippen molar-refractivity contribution in [2.75, 3.05) is 5.32 Å². The molecule has 1 saturated carbocycles. The fourth-order valence-electron chi connectivity index (χ4n) is 3.66. The van der Waals surface area contributed by atoms with Gasteiger partial charge in [0.2, 0.25) is 0 Å². The summed E-state index contributed by atoms with van der Waals surface area (Å²) >= 11 is 0. The molecule has 0 spiro atoms. The summed E-state index contributed by atoms with van der Waals surface area (Å²) in [5, 5.41) is 12.9. The van der Waals surface area contributed by atoms with Gasteiger partial charge in [0, 0.05) is 0 Å². The van der Waals surface area contributed by atoms with Gasteiger partial charge in [-0.3, -0.25) is 0 Å². The first-order valence-corrected chi connectivity index (χ1v) is 7.63. The molecule has 3 unspecified atom stereocenters. The number of carboxylic acids is 1. The van der Waals surface area contributed by atoms with Gasteiger partial charge in [-0.15, -0.1) is 0 Å². The van der Waals surface area contributed by atoms with Crippen LogP contribution >= 0.6 is 0 Å². The third-order valence-corrected chi connectivity index (χ3v) is 4.69. The Kier molecular flexibility index (Phi) is 4.55. The van der Waals surface area contributed by atoms with Crippen LogP contribution in [0.5, 0.6) is 0 Å². The lowest BCUT2D eigenvalue weighted by atomic mass is 9.64. The largest absolute Gasteiger partial charge is 0.479 e. The summed E-state index contributed by atoms with van der Waals surface area (Å²) in [5.74, 6) is -0.746. The molecule has 0 amide bonds. The Hall–Kier alpha value is -1.58. The molecule has 1 aliphatic rings. The van der Waals surface area contributed by atoms with Crippen LogP contribution in [0.3, 0.4) is 0 Å². The van der Waals surface area contributed by atoms with Crippen molar-refractivity contribution in [3.05, 3.63) is 30.1 Å². The maximum atomic E-state index is 13.9. The highest BCUT2D eigenvalue weighted by Crippen LogP contribution is 2.43. The molecule has 21 heavy (non-hydrogen) atoms. The number of carbonyl (C=O) groups is 1. The molecule has 3 nitrogen and oxygen atoms in total. The highest BCUT2D eigenvalue weighted by Gasteiger charge is 2.50. The van der Waals surface area contributed by atoms with Gasteiger partial charge in [-0.2, -0.15) is 0 Å². The molecular weight excluding hydrogens is 269 g/mol. The maximum absolute atomic E-state index is 13.9. The first-order chi connectivity index (χ1) is 9.86. The fourth-order valence-corrected chi connectivity index (χ4v) is 3.66. The molecule has 1 fully saturated rings. The number of hydrogen-bond donors (Lipinski definition) is 2. The summed E-state index contributed by atoms with van der Waals surface area (Å²) in [6.07, 6.45) is 2.41. The Bertz CT molecular complexity index is 517. The average molecular weight is 293 g/mol. The third kappa shape index (κ3) is 3.04. The minimum absolute atomic E-state index is 0.00851. The van der Waals surface area contributed by atoms with E-state index in [4.69, 9.17) is 0 Å². The summed E-state index contributed by atoms with van der Waals surface area (Å²) in [4.78, 5) is 12.1. The van der Waals surface area contributed by atoms with Gasteiger partial charge >= 0.3 is 5.97 Å². The van der Waals surface area contributed by atoms with Crippen LogP contribution in [0.25, 0.3) is 0 Å². The van der Waals surface area contributed by atoms with Crippen molar-refractivity contribution >= 4 is 11.7 Å². The maximum Gasteiger partial charge on any atom is 0.329 e. The van der Waals surface area contributed by atoms with Gasteiger partial charge in [0.25, 0.3) is 0 Å². The molecule has 1 aromatic carbocycles. The summed E-state index contributed by atoms with van der Waals surface area (Å²) in [5.41, 5.74) is -0.812. The predicted octanol–water partition coefficient (Wildman–Crippen LogP) is 4.15. The summed E-state index contributed by atoms with van der Waals surface area (Å²) < 4.78 is 13.9. The summed E-state index contributed by atoms with van der Waals surface area (Å²) in [7, 11) is 0. The average Bonchev–Trinajstić information content (AvgIpc) is 2.41. The quantitative estimate of drug-likeness (QED) is 0.876. The fraction of sp³-hybridized carbons (Fsp3) is 0.588. The molecule has 2 N–H and O–H groups in total. The van der Waals surface area contributed by atoms with Gasteiger partial charge in [0.15, 0.2) is 0 Å². The predicted molar refractivity (Wildman–Crippen MR) is 81.7 cm³/mol. The second kappa shape index (κ2) is 6.04. The van der Waals surface area contributed by atoms with Crippen molar-refractivity contribution in [1.82, 2.24) is 0 Å². The lowest BCUT2D eigenvalue weighted by Gasteiger charge is -2.46. The third-order valence-electron chi connectivity index (χ3n) is 4.69. The van der Waals surface area contributed by atoms with Gasteiger partial charge < -0.3 is 10.4 Å². The minimum atomic E-state index is -1.09. The molecule has 4 heteroatoms. The van der Waals surface area contributed by atoms with E-state index < -0.39 is 17.3 Å². The van der Waals surface area contributed by atoms with E-state index in [9.17, 15) is 14.3 Å². The SMILES string of the molecule is CC1CCC(C(C)C)C(Nc2ccccc2F)(C(=O)O)C1. The number of hydrogen-bond acceptors (Lipinski definition) is 2. The van der Waals surface area contributed by atoms with E-state index >= 15 is 0 Å². The van der Waals surface area contributed by atoms with Crippen molar-refractivity contribution in [1.29, 1.82) is 0 Å². The van der Waals surface area contributed by atoms with Gasteiger partial charge in [0.05, 0.1) is 5.69 Å². The van der Waals surface area contributed by atoms with Crippen LogP contribution < -0.4 is 5.32 Å². The normalized spacial score (nSPS) is 29.4. The zero-order chi connectivity index (χ0) is 15.6. The van der Waals surface area contributed by atoms with E-state index in [-0.39, 0.29) is 17.5 Å². The number of nitrogens with one attached hydrogen (secondary N) is 1. The Labute approximate surface area is 125 Å². The van der Waals surface area contributed by atoms with Crippen molar-refractivity contribution in [3.8, 4) is 0 Å². The van der Waals surface area contributed by atoms with E-state index in [0.717, 1.165) is 12.8 Å². The standard InChI is InChI=1S/C17H24FNO2/c1-11(2)13-9-8-12(3)10-17(13,16(20)21)19-15-7-5-4-6-14(15)18/h4-7,11-13,19H,8-10H2,1-3H3,(H,20,21). The lowest BCUT2D eigenvalue weighted by Crippen LogP contribution is -2.57. The second-order valence-electron chi connectivity index (χ2n) is 6.62. The number of rotatable bonds is 4. The van der Waals surface area contributed by atoms with E-state index in [1.807, 2.05) is 13.8 Å². The van der Waals surface area contributed by atoms with Crippen LogP contribution in [0.1, 0.15) is 40.0 Å². The van der Waals surface area contributed by atoms with E-state index in [1.165, 1.54) is 6.07 Å². The molecule has 0 aliphatic heterocycles. The van der Waals surface area contributed by atoms with Crippen molar-refractivity contribution in [2.45, 2.75) is 45.6 Å². The van der Waals surface area contributed by atoms with E-state index in [2.05, 4.69) is 12.2 Å². The van der Waals surface area contributed by atoms with Crippen molar-refractivity contribution in [2.24, 2.45) is 17.8 Å². The Morgan fingerprint density at radius 1 is 1.38 bits per heavy atom. The molecule has 0 saturated heterocycles. The van der Waals surface area contributed by atoms with Crippen LogP contribution in [0, 0.1) is 23.6 Å². The van der Waals surface area contributed by atoms with Crippen LogP contribution in [-0.4, -0.2) is 16.6 Å². The summed E-state index contributed by atoms with van der Waals surface area (Å²) in [6, 6.07) is 6.29. The zero-order valence-corrected chi connectivity index (χ0v) is 12.9. The lowest BCUT2D eigenvalue weighted by molar-refractivity contribution is -0.147. The van der Waals surface area contributed by atoms with Gasteiger partial charge in [0.1, 0.15) is 11.4 Å². The highest BCUT2D eigenvalue weighted by atomic mass is 19.1. The number of anilines is 1. The minimum Gasteiger partial charge on any atom is -0.479 e.